The van der Waals surface area contributed by atoms with E-state index < -0.39 is 0 Å². The molecule has 114 valence electrons. The van der Waals surface area contributed by atoms with Crippen LogP contribution in [0.5, 0.6) is 0 Å². The van der Waals surface area contributed by atoms with Crippen LogP contribution >= 0.6 is 0 Å². The highest BCUT2D eigenvalue weighted by Gasteiger charge is 2.19. The zero-order valence-corrected chi connectivity index (χ0v) is 12.9. The third-order valence-corrected chi connectivity index (χ3v) is 3.88. The topological polar surface area (TPSA) is 79.8 Å². The smallest absolute Gasteiger partial charge is 0.189 e. The lowest BCUT2D eigenvalue weighted by molar-refractivity contribution is 0.888. The van der Waals surface area contributed by atoms with Crippen LogP contribution in [0.4, 0.5) is 0 Å². The maximum Gasteiger partial charge on any atom is 0.189 e. The summed E-state index contributed by atoms with van der Waals surface area (Å²) in [6.45, 7) is 1.96. The van der Waals surface area contributed by atoms with E-state index in [1.807, 2.05) is 49.4 Å². The first-order valence-electron chi connectivity index (χ1n) is 7.41. The van der Waals surface area contributed by atoms with Crippen molar-refractivity contribution in [3.05, 3.63) is 66.1 Å². The summed E-state index contributed by atoms with van der Waals surface area (Å²) in [5, 5.41) is 22.4. The molecule has 0 atom stereocenters. The van der Waals surface area contributed by atoms with Crippen molar-refractivity contribution in [2.75, 3.05) is 0 Å². The molecule has 0 N–H and O–H groups in total. The van der Waals surface area contributed by atoms with Crippen LogP contribution in [-0.2, 0) is 0 Å². The highest BCUT2D eigenvalue weighted by molar-refractivity contribution is 5.74. The van der Waals surface area contributed by atoms with Crippen LogP contribution in [-0.4, -0.2) is 24.8 Å². The Hall–Kier alpha value is -3.59. The molecule has 6 nitrogen and oxygen atoms in total. The van der Waals surface area contributed by atoms with E-state index in [9.17, 15) is 5.26 Å². The molecule has 0 bridgehead atoms. The van der Waals surface area contributed by atoms with E-state index >= 15 is 0 Å². The molecule has 0 amide bonds. The molecule has 24 heavy (non-hydrogen) atoms. The minimum absolute atomic E-state index is 0.232. The first kappa shape index (κ1) is 14.0. The third-order valence-electron chi connectivity index (χ3n) is 3.88. The van der Waals surface area contributed by atoms with Gasteiger partial charge in [0.1, 0.15) is 11.8 Å². The van der Waals surface area contributed by atoms with Gasteiger partial charge in [0.05, 0.1) is 5.69 Å². The summed E-state index contributed by atoms with van der Waals surface area (Å²) in [5.41, 5.74) is 5.07. The van der Waals surface area contributed by atoms with E-state index in [2.05, 4.69) is 21.3 Å². The molecule has 0 fully saturated rings. The van der Waals surface area contributed by atoms with Crippen molar-refractivity contribution in [1.29, 1.82) is 5.26 Å². The third kappa shape index (κ3) is 2.11. The molecule has 4 aromatic rings. The van der Waals surface area contributed by atoms with Crippen LogP contribution in [0.3, 0.4) is 0 Å². The van der Waals surface area contributed by atoms with Crippen LogP contribution in [0, 0.1) is 18.3 Å². The van der Waals surface area contributed by atoms with Crippen LogP contribution < -0.4 is 0 Å². The van der Waals surface area contributed by atoms with Crippen molar-refractivity contribution in [3.8, 4) is 28.6 Å². The predicted octanol–water partition coefficient (Wildman–Crippen LogP) is 3.03. The summed E-state index contributed by atoms with van der Waals surface area (Å²) in [5.74, 6) is 0. The molecular formula is C18H12N6. The number of fused-ring (bicyclic) bond motifs is 1. The van der Waals surface area contributed by atoms with E-state index in [1.54, 1.807) is 16.9 Å². The van der Waals surface area contributed by atoms with Gasteiger partial charge >= 0.3 is 0 Å². The normalized spacial score (nSPS) is 10.7. The molecule has 4 rings (SSSR count). The van der Waals surface area contributed by atoms with Gasteiger partial charge in [0.2, 0.25) is 0 Å². The second-order valence-corrected chi connectivity index (χ2v) is 5.32. The van der Waals surface area contributed by atoms with E-state index in [-0.39, 0.29) is 5.69 Å². The highest BCUT2D eigenvalue weighted by atomic mass is 15.3. The number of nitriles is 1. The predicted molar refractivity (Wildman–Crippen MR) is 88.9 cm³/mol. The zero-order chi connectivity index (χ0) is 16.5. The second kappa shape index (κ2) is 5.56. The fourth-order valence-electron chi connectivity index (χ4n) is 2.72. The largest absolute Gasteiger partial charge is 0.265 e. The monoisotopic (exact) mass is 312 g/mol. The Bertz CT molecular complexity index is 1060. The van der Waals surface area contributed by atoms with Crippen molar-refractivity contribution in [2.45, 2.75) is 6.92 Å². The number of hydrogen-bond acceptors (Lipinski definition) is 5. The molecule has 0 saturated carbocycles. The maximum absolute atomic E-state index is 9.42. The summed E-state index contributed by atoms with van der Waals surface area (Å²) in [6.07, 6.45) is 3.36. The van der Waals surface area contributed by atoms with Crippen molar-refractivity contribution < 1.29 is 0 Å². The average Bonchev–Trinajstić information content (AvgIpc) is 2.99. The maximum atomic E-state index is 9.42. The van der Waals surface area contributed by atoms with Crippen molar-refractivity contribution in [3.63, 3.8) is 0 Å². The molecular weight excluding hydrogens is 300 g/mol. The number of benzene rings is 1. The quantitative estimate of drug-likeness (QED) is 0.568. The van der Waals surface area contributed by atoms with Crippen molar-refractivity contribution >= 4 is 5.65 Å². The molecule has 0 unspecified atom stereocenters. The van der Waals surface area contributed by atoms with Crippen LogP contribution in [0.15, 0.2) is 54.9 Å². The van der Waals surface area contributed by atoms with Gasteiger partial charge in [-0.05, 0) is 19.1 Å². The minimum atomic E-state index is 0.232. The van der Waals surface area contributed by atoms with Gasteiger partial charge in [-0.15, -0.1) is 10.2 Å². The van der Waals surface area contributed by atoms with Crippen LogP contribution in [0.1, 0.15) is 11.3 Å². The first-order valence-corrected chi connectivity index (χ1v) is 7.41. The number of aryl methyl sites for hydroxylation is 1. The van der Waals surface area contributed by atoms with Crippen LogP contribution in [0.2, 0.25) is 0 Å². The number of pyridine rings is 1. The van der Waals surface area contributed by atoms with Gasteiger partial charge in [-0.1, -0.05) is 30.3 Å². The van der Waals surface area contributed by atoms with Crippen LogP contribution in [0.25, 0.3) is 28.2 Å². The van der Waals surface area contributed by atoms with E-state index in [1.165, 1.54) is 0 Å². The number of aromatic nitrogens is 5. The number of nitrogens with zero attached hydrogens (tertiary/aromatic N) is 6. The van der Waals surface area contributed by atoms with E-state index in [4.69, 9.17) is 5.10 Å². The molecule has 6 heteroatoms. The molecule has 0 radical (unpaired) electrons. The lowest BCUT2D eigenvalue weighted by Gasteiger charge is -2.05. The summed E-state index contributed by atoms with van der Waals surface area (Å²) in [4.78, 5) is 4.03. The molecule has 1 aromatic carbocycles. The van der Waals surface area contributed by atoms with E-state index in [0.717, 1.165) is 22.4 Å². The molecule has 0 aliphatic carbocycles. The van der Waals surface area contributed by atoms with Crippen molar-refractivity contribution in [2.24, 2.45) is 0 Å². The van der Waals surface area contributed by atoms with Gasteiger partial charge < -0.3 is 0 Å². The summed E-state index contributed by atoms with van der Waals surface area (Å²) in [6, 6.07) is 15.7. The Morgan fingerprint density at radius 3 is 2.42 bits per heavy atom. The van der Waals surface area contributed by atoms with Gasteiger partial charge in [0, 0.05) is 29.1 Å². The summed E-state index contributed by atoms with van der Waals surface area (Å²) < 4.78 is 1.69. The fraction of sp³-hybridized carbons (Fsp3) is 0.0556. The van der Waals surface area contributed by atoms with Gasteiger partial charge in [-0.25, -0.2) is 4.52 Å². The Kier molecular flexibility index (Phi) is 3.25. The first-order chi connectivity index (χ1) is 11.8. The summed E-state index contributed by atoms with van der Waals surface area (Å²) in [7, 11) is 0. The van der Waals surface area contributed by atoms with Crippen molar-refractivity contribution in [1.82, 2.24) is 24.8 Å². The number of rotatable bonds is 2. The van der Waals surface area contributed by atoms with Gasteiger partial charge in [-0.3, -0.25) is 4.98 Å². The molecule has 3 heterocycles. The fourth-order valence-corrected chi connectivity index (χ4v) is 2.72. The highest BCUT2D eigenvalue weighted by Crippen LogP contribution is 2.28. The molecule has 0 aliphatic heterocycles. The average molecular weight is 312 g/mol. The lowest BCUT2D eigenvalue weighted by atomic mass is 10.1. The number of hydrogen-bond donors (Lipinski definition) is 0. The molecule has 3 aromatic heterocycles. The Balaban J connectivity index is 2.07. The zero-order valence-electron chi connectivity index (χ0n) is 12.9. The Morgan fingerprint density at radius 2 is 1.71 bits per heavy atom. The Morgan fingerprint density at radius 1 is 0.958 bits per heavy atom. The Labute approximate surface area is 138 Å². The van der Waals surface area contributed by atoms with Gasteiger partial charge in [-0.2, -0.15) is 10.4 Å². The molecule has 0 spiro atoms. The molecule has 0 saturated heterocycles. The second-order valence-electron chi connectivity index (χ2n) is 5.32. The minimum Gasteiger partial charge on any atom is -0.265 e. The summed E-state index contributed by atoms with van der Waals surface area (Å²) >= 11 is 0. The van der Waals surface area contributed by atoms with Gasteiger partial charge in [0.25, 0.3) is 0 Å². The molecule has 0 aliphatic rings. The van der Waals surface area contributed by atoms with E-state index in [0.29, 0.717) is 11.3 Å². The van der Waals surface area contributed by atoms with Gasteiger partial charge in [0.15, 0.2) is 11.3 Å². The lowest BCUT2D eigenvalue weighted by Crippen LogP contribution is -2.03. The SMILES string of the molecule is Cc1c(-c2ccccc2)nn2c(-c3ccncc3)c(C#N)nnc12. The standard InChI is InChI=1S/C18H12N6/c1-12-16(13-5-3-2-4-6-13)23-24-17(14-7-9-20-10-8-14)15(11-19)21-22-18(12)24/h2-10H,1H3.